The van der Waals surface area contributed by atoms with Gasteiger partial charge in [0.05, 0.1) is 0 Å². The molecule has 2 nitrogen and oxygen atoms in total. The summed E-state index contributed by atoms with van der Waals surface area (Å²) >= 11 is 0. The zero-order valence-electron chi connectivity index (χ0n) is 9.88. The lowest BCUT2D eigenvalue weighted by atomic mass is 9.89. The molecule has 19 heavy (non-hydrogen) atoms. The number of aliphatic imine (C=N–C) groups is 1. The molecule has 100 valence electrons. The Labute approximate surface area is 108 Å². The summed E-state index contributed by atoms with van der Waals surface area (Å²) in [4.78, 5) is 3.84. The number of halogens is 3. The van der Waals surface area contributed by atoms with E-state index in [0.717, 1.165) is 6.08 Å². The molecule has 1 aliphatic carbocycles. The number of aliphatic hydroxyl groups is 1. The van der Waals surface area contributed by atoms with Crippen LogP contribution in [0.2, 0.25) is 0 Å². The minimum absolute atomic E-state index is 0.676. The fraction of sp³-hybridized carbons (Fsp3) is 0.214. The molecule has 1 aliphatic rings. The summed E-state index contributed by atoms with van der Waals surface area (Å²) in [5.41, 5.74) is -2.28. The molecule has 0 fully saturated rings. The summed E-state index contributed by atoms with van der Waals surface area (Å²) in [6.45, 7) is 0. The van der Waals surface area contributed by atoms with Gasteiger partial charge in [-0.2, -0.15) is 13.2 Å². The molecule has 0 radical (unpaired) electrons. The van der Waals surface area contributed by atoms with E-state index in [4.69, 9.17) is 0 Å². The van der Waals surface area contributed by atoms with E-state index in [9.17, 15) is 18.3 Å². The van der Waals surface area contributed by atoms with Crippen molar-refractivity contribution in [2.24, 2.45) is 4.99 Å². The van der Waals surface area contributed by atoms with Gasteiger partial charge in [-0.3, -0.25) is 4.99 Å². The average molecular weight is 267 g/mol. The van der Waals surface area contributed by atoms with Crippen molar-refractivity contribution in [2.45, 2.75) is 17.8 Å². The molecule has 2 atom stereocenters. The van der Waals surface area contributed by atoms with Crippen LogP contribution >= 0.6 is 0 Å². The number of hydrogen-bond donors (Lipinski definition) is 1. The van der Waals surface area contributed by atoms with Crippen LogP contribution in [-0.4, -0.2) is 29.1 Å². The van der Waals surface area contributed by atoms with E-state index in [1.165, 1.54) is 24.4 Å². The summed E-state index contributed by atoms with van der Waals surface area (Å²) in [6.07, 6.45) is 1.11. The minimum atomic E-state index is -4.77. The quantitative estimate of drug-likeness (QED) is 0.821. The maximum Gasteiger partial charge on any atom is 0.423 e. The molecule has 0 spiro atoms. The number of rotatable bonds is 2. The third-order valence-electron chi connectivity index (χ3n) is 2.84. The lowest BCUT2D eigenvalue weighted by Gasteiger charge is -2.32. The van der Waals surface area contributed by atoms with Gasteiger partial charge in [-0.25, -0.2) is 0 Å². The van der Waals surface area contributed by atoms with Crippen LogP contribution in [0.4, 0.5) is 13.2 Å². The summed E-state index contributed by atoms with van der Waals surface area (Å²) in [7, 11) is 0. The van der Waals surface area contributed by atoms with Gasteiger partial charge in [-0.05, 0) is 11.6 Å². The molecule has 0 amide bonds. The molecule has 1 aromatic rings. The topological polar surface area (TPSA) is 32.6 Å². The van der Waals surface area contributed by atoms with Crippen molar-refractivity contribution in [3.63, 3.8) is 0 Å². The van der Waals surface area contributed by atoms with E-state index in [1.807, 2.05) is 0 Å². The van der Waals surface area contributed by atoms with Gasteiger partial charge in [-0.15, -0.1) is 0 Å². The lowest BCUT2D eigenvalue weighted by molar-refractivity contribution is -0.242. The van der Waals surface area contributed by atoms with E-state index in [0.29, 0.717) is 5.56 Å². The smallest absolute Gasteiger partial charge is 0.375 e. The maximum absolute atomic E-state index is 12.9. The fourth-order valence-electron chi connectivity index (χ4n) is 1.75. The predicted octanol–water partition coefficient (Wildman–Crippen LogP) is 2.89. The first-order valence-electron chi connectivity index (χ1n) is 5.67. The SMILES string of the molecule is OC1(C(F)(F)F)C=CC=CC1N=Cc1ccccc1. The maximum atomic E-state index is 12.9. The Bertz CT molecular complexity index is 519. The fourth-order valence-corrected chi connectivity index (χ4v) is 1.75. The highest BCUT2D eigenvalue weighted by molar-refractivity contribution is 5.79. The van der Waals surface area contributed by atoms with Crippen molar-refractivity contribution < 1.29 is 18.3 Å². The van der Waals surface area contributed by atoms with Gasteiger partial charge < -0.3 is 5.11 Å². The highest BCUT2D eigenvalue weighted by Gasteiger charge is 2.56. The monoisotopic (exact) mass is 267 g/mol. The first-order chi connectivity index (χ1) is 8.93. The second-order valence-electron chi connectivity index (χ2n) is 4.20. The Morgan fingerprint density at radius 2 is 1.84 bits per heavy atom. The molecule has 2 rings (SSSR count). The van der Waals surface area contributed by atoms with Crippen LogP contribution in [0, 0.1) is 0 Å². The first-order valence-corrected chi connectivity index (χ1v) is 5.67. The van der Waals surface area contributed by atoms with E-state index in [2.05, 4.69) is 4.99 Å². The number of hydrogen-bond acceptors (Lipinski definition) is 2. The molecular formula is C14H12F3NO. The standard InChI is InChI=1S/C14H12F3NO/c15-14(16,17)13(19)9-5-4-8-12(13)18-10-11-6-2-1-3-7-11/h1-10,12,19H. The van der Waals surface area contributed by atoms with Gasteiger partial charge in [0.1, 0.15) is 6.04 Å². The van der Waals surface area contributed by atoms with Gasteiger partial charge in [0.2, 0.25) is 5.60 Å². The molecule has 0 heterocycles. The van der Waals surface area contributed by atoms with Crippen LogP contribution in [0.3, 0.4) is 0 Å². The molecule has 0 saturated carbocycles. The van der Waals surface area contributed by atoms with E-state index in [-0.39, 0.29) is 0 Å². The van der Waals surface area contributed by atoms with Gasteiger partial charge in [0, 0.05) is 6.21 Å². The molecule has 1 aromatic carbocycles. The number of allylic oxidation sites excluding steroid dienone is 2. The van der Waals surface area contributed by atoms with E-state index < -0.39 is 17.8 Å². The second-order valence-corrected chi connectivity index (χ2v) is 4.20. The van der Waals surface area contributed by atoms with Crippen molar-refractivity contribution >= 4 is 6.21 Å². The normalized spacial score (nSPS) is 27.1. The Kier molecular flexibility index (Phi) is 3.57. The van der Waals surface area contributed by atoms with Crippen molar-refractivity contribution in [3.8, 4) is 0 Å². The molecular weight excluding hydrogens is 255 g/mol. The average Bonchev–Trinajstić information content (AvgIpc) is 2.38. The predicted molar refractivity (Wildman–Crippen MR) is 67.1 cm³/mol. The van der Waals surface area contributed by atoms with Crippen LogP contribution in [0.25, 0.3) is 0 Å². The number of alkyl halides is 3. The van der Waals surface area contributed by atoms with Gasteiger partial charge in [0.15, 0.2) is 0 Å². The zero-order valence-corrected chi connectivity index (χ0v) is 9.88. The Morgan fingerprint density at radius 1 is 1.16 bits per heavy atom. The summed E-state index contributed by atoms with van der Waals surface area (Å²) in [5, 5.41) is 9.77. The van der Waals surface area contributed by atoms with Gasteiger partial charge in [-0.1, -0.05) is 48.6 Å². The Balaban J connectivity index is 2.26. The Hall–Kier alpha value is -1.88. The van der Waals surface area contributed by atoms with Crippen molar-refractivity contribution in [2.75, 3.05) is 0 Å². The Morgan fingerprint density at radius 3 is 2.47 bits per heavy atom. The largest absolute Gasteiger partial charge is 0.423 e. The summed E-state index contributed by atoms with van der Waals surface area (Å²) < 4.78 is 38.7. The second kappa shape index (κ2) is 5.01. The van der Waals surface area contributed by atoms with Crippen LogP contribution in [0.15, 0.2) is 59.6 Å². The van der Waals surface area contributed by atoms with Crippen LogP contribution in [0.1, 0.15) is 5.56 Å². The van der Waals surface area contributed by atoms with Crippen LogP contribution in [0.5, 0.6) is 0 Å². The van der Waals surface area contributed by atoms with Gasteiger partial charge >= 0.3 is 6.18 Å². The summed E-state index contributed by atoms with van der Waals surface area (Å²) in [5.74, 6) is 0. The van der Waals surface area contributed by atoms with Crippen LogP contribution < -0.4 is 0 Å². The highest BCUT2D eigenvalue weighted by atomic mass is 19.4. The molecule has 0 saturated heterocycles. The lowest BCUT2D eigenvalue weighted by Crippen LogP contribution is -2.52. The van der Waals surface area contributed by atoms with Crippen molar-refractivity contribution in [1.82, 2.24) is 0 Å². The van der Waals surface area contributed by atoms with Crippen LogP contribution in [-0.2, 0) is 0 Å². The van der Waals surface area contributed by atoms with E-state index in [1.54, 1.807) is 30.3 Å². The van der Waals surface area contributed by atoms with Crippen molar-refractivity contribution in [1.29, 1.82) is 0 Å². The molecule has 0 aliphatic heterocycles. The molecule has 0 aromatic heterocycles. The molecule has 5 heteroatoms. The number of nitrogens with zero attached hydrogens (tertiary/aromatic N) is 1. The zero-order chi connectivity index (χ0) is 13.9. The molecule has 0 bridgehead atoms. The highest BCUT2D eigenvalue weighted by Crippen LogP contribution is 2.37. The first kappa shape index (κ1) is 13.5. The minimum Gasteiger partial charge on any atom is -0.375 e. The van der Waals surface area contributed by atoms with E-state index >= 15 is 0 Å². The summed E-state index contributed by atoms with van der Waals surface area (Å²) in [6, 6.07) is 7.38. The number of benzene rings is 1. The van der Waals surface area contributed by atoms with Crippen molar-refractivity contribution in [3.05, 3.63) is 60.2 Å². The molecule has 2 unspecified atom stereocenters. The third kappa shape index (κ3) is 2.76. The molecule has 1 N–H and O–H groups in total. The van der Waals surface area contributed by atoms with Gasteiger partial charge in [0.25, 0.3) is 0 Å². The third-order valence-corrected chi connectivity index (χ3v) is 2.84.